The minimum atomic E-state index is -3.72. The molecule has 0 radical (unpaired) electrons. The first-order valence-electron chi connectivity index (χ1n) is 6.47. The van der Waals surface area contributed by atoms with E-state index >= 15 is 0 Å². The second-order valence-corrected chi connectivity index (χ2v) is 6.13. The zero-order valence-electron chi connectivity index (χ0n) is 12.4. The number of benzene rings is 2. The first-order chi connectivity index (χ1) is 10.5. The Morgan fingerprint density at radius 3 is 2.27 bits per heavy atom. The SMILES string of the molecule is C=Cc1ccc(S(=O)(=O)Nc2cc(OC)ccc2OC)cc1. The molecular formula is C16H17NO4S. The molecule has 0 fully saturated rings. The van der Waals surface area contributed by atoms with Crippen molar-refractivity contribution in [3.63, 3.8) is 0 Å². The average molecular weight is 319 g/mol. The van der Waals surface area contributed by atoms with Crippen LogP contribution in [0.5, 0.6) is 11.5 Å². The van der Waals surface area contributed by atoms with Gasteiger partial charge in [0.15, 0.2) is 0 Å². The molecule has 2 rings (SSSR count). The minimum Gasteiger partial charge on any atom is -0.497 e. The Labute approximate surface area is 130 Å². The number of rotatable bonds is 6. The molecule has 0 aromatic heterocycles. The number of methoxy groups -OCH3 is 2. The molecule has 116 valence electrons. The Kier molecular flexibility index (Phi) is 4.72. The zero-order chi connectivity index (χ0) is 16.2. The van der Waals surface area contributed by atoms with Gasteiger partial charge in [0, 0.05) is 6.07 Å². The van der Waals surface area contributed by atoms with Gasteiger partial charge < -0.3 is 9.47 Å². The van der Waals surface area contributed by atoms with Crippen LogP contribution in [0.4, 0.5) is 5.69 Å². The van der Waals surface area contributed by atoms with Crippen LogP contribution in [-0.4, -0.2) is 22.6 Å². The van der Waals surface area contributed by atoms with Gasteiger partial charge in [0.25, 0.3) is 10.0 Å². The van der Waals surface area contributed by atoms with Crippen molar-refractivity contribution in [1.82, 2.24) is 0 Å². The largest absolute Gasteiger partial charge is 0.497 e. The average Bonchev–Trinajstić information content (AvgIpc) is 2.54. The topological polar surface area (TPSA) is 64.6 Å². The van der Waals surface area contributed by atoms with Gasteiger partial charge >= 0.3 is 0 Å². The summed E-state index contributed by atoms with van der Waals surface area (Å²) in [7, 11) is -0.737. The first-order valence-corrected chi connectivity index (χ1v) is 7.96. The van der Waals surface area contributed by atoms with Crippen molar-refractivity contribution >= 4 is 21.8 Å². The highest BCUT2D eigenvalue weighted by Crippen LogP contribution is 2.30. The summed E-state index contributed by atoms with van der Waals surface area (Å²) in [6.45, 7) is 3.64. The third-order valence-corrected chi connectivity index (χ3v) is 4.46. The van der Waals surface area contributed by atoms with E-state index in [4.69, 9.17) is 9.47 Å². The third-order valence-electron chi connectivity index (χ3n) is 3.08. The molecule has 0 saturated heterocycles. The maximum Gasteiger partial charge on any atom is 0.262 e. The predicted octanol–water partition coefficient (Wildman–Crippen LogP) is 3.15. The molecule has 2 aromatic carbocycles. The number of ether oxygens (including phenoxy) is 2. The zero-order valence-corrected chi connectivity index (χ0v) is 13.2. The molecule has 0 spiro atoms. The lowest BCUT2D eigenvalue weighted by Gasteiger charge is -2.13. The summed E-state index contributed by atoms with van der Waals surface area (Å²) in [5.41, 5.74) is 1.16. The molecular weight excluding hydrogens is 302 g/mol. The third kappa shape index (κ3) is 3.40. The lowest BCUT2D eigenvalue weighted by atomic mass is 10.2. The highest BCUT2D eigenvalue weighted by Gasteiger charge is 2.17. The van der Waals surface area contributed by atoms with Crippen molar-refractivity contribution in [2.24, 2.45) is 0 Å². The molecule has 0 saturated carbocycles. The molecule has 0 bridgehead atoms. The Morgan fingerprint density at radius 2 is 1.73 bits per heavy atom. The van der Waals surface area contributed by atoms with Gasteiger partial charge in [0.05, 0.1) is 24.8 Å². The molecule has 0 unspecified atom stereocenters. The maximum absolute atomic E-state index is 12.4. The minimum absolute atomic E-state index is 0.156. The van der Waals surface area contributed by atoms with Gasteiger partial charge in [0.1, 0.15) is 11.5 Å². The maximum atomic E-state index is 12.4. The van der Waals surface area contributed by atoms with Crippen molar-refractivity contribution in [2.45, 2.75) is 4.90 Å². The van der Waals surface area contributed by atoms with E-state index in [1.807, 2.05) is 0 Å². The summed E-state index contributed by atoms with van der Waals surface area (Å²) in [5, 5.41) is 0. The quantitative estimate of drug-likeness (QED) is 0.888. The molecule has 0 aliphatic heterocycles. The van der Waals surface area contributed by atoms with Crippen LogP contribution in [0, 0.1) is 0 Å². The number of nitrogens with one attached hydrogen (secondary N) is 1. The van der Waals surface area contributed by atoms with Crippen LogP contribution >= 0.6 is 0 Å². The van der Waals surface area contributed by atoms with E-state index in [9.17, 15) is 8.42 Å². The number of hydrogen-bond donors (Lipinski definition) is 1. The van der Waals surface area contributed by atoms with Gasteiger partial charge in [-0.1, -0.05) is 24.8 Å². The van der Waals surface area contributed by atoms with Crippen molar-refractivity contribution in [3.8, 4) is 11.5 Å². The summed E-state index contributed by atoms with van der Waals surface area (Å²) in [5.74, 6) is 0.938. The second kappa shape index (κ2) is 6.53. The molecule has 0 heterocycles. The molecule has 2 aromatic rings. The van der Waals surface area contributed by atoms with Crippen LogP contribution in [0.3, 0.4) is 0 Å². The molecule has 0 aliphatic rings. The number of anilines is 1. The summed E-state index contributed by atoms with van der Waals surface area (Å²) in [6, 6.07) is 11.3. The van der Waals surface area contributed by atoms with Crippen molar-refractivity contribution in [1.29, 1.82) is 0 Å². The summed E-state index contributed by atoms with van der Waals surface area (Å²) < 4.78 is 37.6. The second-order valence-electron chi connectivity index (χ2n) is 4.44. The summed E-state index contributed by atoms with van der Waals surface area (Å²) in [6.07, 6.45) is 1.65. The van der Waals surface area contributed by atoms with E-state index in [1.165, 1.54) is 26.4 Å². The predicted molar refractivity (Wildman–Crippen MR) is 86.9 cm³/mol. The summed E-state index contributed by atoms with van der Waals surface area (Å²) in [4.78, 5) is 0.156. The lowest BCUT2D eigenvalue weighted by Crippen LogP contribution is -2.13. The van der Waals surface area contributed by atoms with E-state index in [0.717, 1.165) is 5.56 Å². The van der Waals surface area contributed by atoms with E-state index in [0.29, 0.717) is 17.2 Å². The monoisotopic (exact) mass is 319 g/mol. The highest BCUT2D eigenvalue weighted by atomic mass is 32.2. The molecule has 1 N–H and O–H groups in total. The van der Waals surface area contributed by atoms with Gasteiger partial charge in [-0.2, -0.15) is 0 Å². The Hall–Kier alpha value is -2.47. The Morgan fingerprint density at radius 1 is 1.05 bits per heavy atom. The highest BCUT2D eigenvalue weighted by molar-refractivity contribution is 7.92. The van der Waals surface area contributed by atoms with E-state index < -0.39 is 10.0 Å². The molecule has 0 atom stereocenters. The van der Waals surface area contributed by atoms with Crippen LogP contribution in [0.2, 0.25) is 0 Å². The molecule has 6 heteroatoms. The fraction of sp³-hybridized carbons (Fsp3) is 0.125. The van der Waals surface area contributed by atoms with Gasteiger partial charge in [-0.25, -0.2) is 8.42 Å². The van der Waals surface area contributed by atoms with Crippen molar-refractivity contribution in [3.05, 3.63) is 54.6 Å². The van der Waals surface area contributed by atoms with Crippen molar-refractivity contribution in [2.75, 3.05) is 18.9 Å². The van der Waals surface area contributed by atoms with Gasteiger partial charge in [0.2, 0.25) is 0 Å². The van der Waals surface area contributed by atoms with Gasteiger partial charge in [-0.3, -0.25) is 4.72 Å². The van der Waals surface area contributed by atoms with Crippen LogP contribution in [0.25, 0.3) is 6.08 Å². The smallest absolute Gasteiger partial charge is 0.262 e. The van der Waals surface area contributed by atoms with Crippen molar-refractivity contribution < 1.29 is 17.9 Å². The van der Waals surface area contributed by atoms with Crippen LogP contribution in [0.1, 0.15) is 5.56 Å². The van der Waals surface area contributed by atoms with E-state index in [-0.39, 0.29) is 4.90 Å². The fourth-order valence-electron chi connectivity index (χ4n) is 1.88. The van der Waals surface area contributed by atoms with E-state index in [2.05, 4.69) is 11.3 Å². The van der Waals surface area contributed by atoms with Crippen LogP contribution in [0.15, 0.2) is 53.9 Å². The lowest BCUT2D eigenvalue weighted by molar-refractivity contribution is 0.405. The number of sulfonamides is 1. The first kappa shape index (κ1) is 15.9. The van der Waals surface area contributed by atoms with E-state index in [1.54, 1.807) is 36.4 Å². The van der Waals surface area contributed by atoms with Crippen LogP contribution in [-0.2, 0) is 10.0 Å². The normalized spacial score (nSPS) is 10.8. The standard InChI is InChI=1S/C16H17NO4S/c1-4-12-5-8-14(9-6-12)22(18,19)17-15-11-13(20-2)7-10-16(15)21-3/h4-11,17H,1H2,2-3H3. The fourth-order valence-corrected chi connectivity index (χ4v) is 2.94. The number of hydrogen-bond acceptors (Lipinski definition) is 4. The molecule has 22 heavy (non-hydrogen) atoms. The van der Waals surface area contributed by atoms with Crippen LogP contribution < -0.4 is 14.2 Å². The molecule has 5 nitrogen and oxygen atoms in total. The molecule has 0 aliphatic carbocycles. The molecule has 0 amide bonds. The summed E-state index contributed by atoms with van der Waals surface area (Å²) >= 11 is 0. The van der Waals surface area contributed by atoms with Gasteiger partial charge in [-0.05, 0) is 29.8 Å². The Balaban J connectivity index is 2.37. The van der Waals surface area contributed by atoms with Gasteiger partial charge in [-0.15, -0.1) is 0 Å². The Bertz CT molecular complexity index is 767.